The summed E-state index contributed by atoms with van der Waals surface area (Å²) in [7, 11) is 1.87. The molecule has 1 aromatic rings. The zero-order chi connectivity index (χ0) is 16.4. The highest BCUT2D eigenvalue weighted by molar-refractivity contribution is 7.09. The van der Waals surface area contributed by atoms with Gasteiger partial charge in [0.1, 0.15) is 0 Å². The molecule has 0 aromatic carbocycles. The number of likely N-dealkylation sites (tertiary alicyclic amines) is 1. The summed E-state index contributed by atoms with van der Waals surface area (Å²) in [4.78, 5) is 34.0. The van der Waals surface area contributed by atoms with Gasteiger partial charge in [0.15, 0.2) is 0 Å². The van der Waals surface area contributed by atoms with Crippen molar-refractivity contribution in [1.29, 1.82) is 0 Å². The van der Waals surface area contributed by atoms with Gasteiger partial charge in [-0.1, -0.05) is 6.42 Å². The van der Waals surface area contributed by atoms with Crippen LogP contribution in [0.4, 0.5) is 0 Å². The van der Waals surface area contributed by atoms with E-state index in [1.165, 1.54) is 6.42 Å². The Morgan fingerprint density at radius 2 is 1.96 bits per heavy atom. The Hall–Kier alpha value is -1.43. The van der Waals surface area contributed by atoms with Crippen LogP contribution in [0.2, 0.25) is 0 Å². The predicted molar refractivity (Wildman–Crippen MR) is 89.9 cm³/mol. The number of nitrogens with zero attached hydrogens (tertiary/aromatic N) is 3. The smallest absolute Gasteiger partial charge is 0.226 e. The Morgan fingerprint density at radius 3 is 2.48 bits per heavy atom. The maximum absolute atomic E-state index is 12.7. The maximum Gasteiger partial charge on any atom is 0.226 e. The molecule has 0 spiro atoms. The van der Waals surface area contributed by atoms with Crippen molar-refractivity contribution in [2.24, 2.45) is 11.8 Å². The molecule has 1 aliphatic heterocycles. The first-order valence-corrected chi connectivity index (χ1v) is 9.39. The van der Waals surface area contributed by atoms with Crippen LogP contribution in [-0.4, -0.2) is 46.7 Å². The van der Waals surface area contributed by atoms with E-state index in [9.17, 15) is 9.59 Å². The van der Waals surface area contributed by atoms with E-state index in [1.54, 1.807) is 16.8 Å². The van der Waals surface area contributed by atoms with E-state index < -0.39 is 0 Å². The summed E-state index contributed by atoms with van der Waals surface area (Å²) >= 11 is 1.58. The van der Waals surface area contributed by atoms with Gasteiger partial charge in [0.05, 0.1) is 11.6 Å². The van der Waals surface area contributed by atoms with Crippen LogP contribution >= 0.6 is 11.3 Å². The van der Waals surface area contributed by atoms with E-state index >= 15 is 0 Å². The number of hydrogen-bond donors (Lipinski definition) is 0. The minimum absolute atomic E-state index is 0.0424. The van der Waals surface area contributed by atoms with Crippen LogP contribution in [-0.2, 0) is 9.59 Å². The van der Waals surface area contributed by atoms with Crippen molar-refractivity contribution < 1.29 is 9.59 Å². The normalized spacial score (nSPS) is 20.9. The van der Waals surface area contributed by atoms with E-state index in [1.807, 2.05) is 30.0 Å². The van der Waals surface area contributed by atoms with Crippen LogP contribution in [0.1, 0.15) is 49.9 Å². The lowest BCUT2D eigenvalue weighted by atomic mass is 9.83. The molecule has 1 saturated carbocycles. The Labute approximate surface area is 141 Å². The van der Waals surface area contributed by atoms with E-state index in [2.05, 4.69) is 4.98 Å². The van der Waals surface area contributed by atoms with Gasteiger partial charge in [-0.25, -0.2) is 0 Å². The Bertz CT molecular complexity index is 548. The third-order valence-electron chi connectivity index (χ3n) is 5.40. The van der Waals surface area contributed by atoms with E-state index in [0.717, 1.165) is 43.6 Å². The van der Waals surface area contributed by atoms with Gasteiger partial charge in [-0.15, -0.1) is 11.3 Å². The van der Waals surface area contributed by atoms with Crippen LogP contribution in [0, 0.1) is 11.8 Å². The summed E-state index contributed by atoms with van der Waals surface area (Å²) in [5.74, 6) is 0.812. The summed E-state index contributed by atoms with van der Waals surface area (Å²) in [6, 6.07) is 0.0598. The van der Waals surface area contributed by atoms with Crippen molar-refractivity contribution in [3.05, 3.63) is 16.6 Å². The fourth-order valence-corrected chi connectivity index (χ4v) is 4.08. The highest BCUT2D eigenvalue weighted by Gasteiger charge is 2.34. The molecule has 1 atom stereocenters. The van der Waals surface area contributed by atoms with Gasteiger partial charge < -0.3 is 9.80 Å². The van der Waals surface area contributed by atoms with E-state index in [4.69, 9.17) is 0 Å². The number of aromatic nitrogens is 1. The molecule has 2 fully saturated rings. The van der Waals surface area contributed by atoms with Crippen molar-refractivity contribution in [3.8, 4) is 0 Å². The first-order valence-electron chi connectivity index (χ1n) is 8.51. The molecule has 23 heavy (non-hydrogen) atoms. The molecule has 2 amide bonds. The monoisotopic (exact) mass is 335 g/mol. The van der Waals surface area contributed by atoms with Crippen molar-refractivity contribution in [2.75, 3.05) is 20.1 Å². The summed E-state index contributed by atoms with van der Waals surface area (Å²) in [6.07, 6.45) is 6.69. The SMILES string of the molecule is C[C@@H](c1cncs1)N(C)C(=O)C1CCN(C(=O)C2CCC2)CC1. The second-order valence-corrected chi connectivity index (χ2v) is 7.67. The van der Waals surface area contributed by atoms with Crippen molar-refractivity contribution in [3.63, 3.8) is 0 Å². The number of amides is 2. The van der Waals surface area contributed by atoms with Crippen LogP contribution < -0.4 is 0 Å². The summed E-state index contributed by atoms with van der Waals surface area (Å²) in [6.45, 7) is 3.50. The third kappa shape index (κ3) is 3.42. The van der Waals surface area contributed by atoms with Crippen molar-refractivity contribution in [1.82, 2.24) is 14.8 Å². The Kier molecular flexibility index (Phi) is 4.99. The largest absolute Gasteiger partial charge is 0.342 e. The lowest BCUT2D eigenvalue weighted by Gasteiger charge is -2.37. The van der Waals surface area contributed by atoms with Crippen LogP contribution in [0.5, 0.6) is 0 Å². The Morgan fingerprint density at radius 1 is 1.26 bits per heavy atom. The molecule has 0 bridgehead atoms. The molecule has 5 nitrogen and oxygen atoms in total. The van der Waals surface area contributed by atoms with Gasteiger partial charge >= 0.3 is 0 Å². The van der Waals surface area contributed by atoms with Crippen LogP contribution in [0.25, 0.3) is 0 Å². The van der Waals surface area contributed by atoms with Gasteiger partial charge in [-0.05, 0) is 32.6 Å². The molecule has 2 heterocycles. The molecule has 1 aliphatic carbocycles. The second kappa shape index (κ2) is 6.99. The maximum atomic E-state index is 12.7. The molecule has 3 rings (SSSR count). The fourth-order valence-electron chi connectivity index (χ4n) is 3.36. The zero-order valence-corrected chi connectivity index (χ0v) is 14.7. The minimum atomic E-state index is 0.0424. The first-order chi connectivity index (χ1) is 11.1. The number of rotatable bonds is 4. The second-order valence-electron chi connectivity index (χ2n) is 6.76. The highest BCUT2D eigenvalue weighted by Crippen LogP contribution is 2.31. The predicted octanol–water partition coefficient (Wildman–Crippen LogP) is 2.70. The number of carbonyl (C=O) groups is 2. The molecule has 1 saturated heterocycles. The molecule has 0 unspecified atom stereocenters. The standard InChI is InChI=1S/C17H25N3O2S/c1-12(15-10-18-11-23-15)19(2)16(21)14-6-8-20(9-7-14)17(22)13-4-3-5-13/h10-14H,3-9H2,1-2H3/t12-/m0/s1. The van der Waals surface area contributed by atoms with Gasteiger partial charge in [-0.2, -0.15) is 0 Å². The van der Waals surface area contributed by atoms with Crippen molar-refractivity contribution in [2.45, 2.75) is 45.1 Å². The highest BCUT2D eigenvalue weighted by atomic mass is 32.1. The fraction of sp³-hybridized carbons (Fsp3) is 0.706. The average molecular weight is 335 g/mol. The lowest BCUT2D eigenvalue weighted by Crippen LogP contribution is -2.46. The summed E-state index contributed by atoms with van der Waals surface area (Å²) in [5.41, 5.74) is 1.80. The zero-order valence-electron chi connectivity index (χ0n) is 13.9. The van der Waals surface area contributed by atoms with Crippen LogP contribution in [0.15, 0.2) is 11.7 Å². The molecule has 6 heteroatoms. The van der Waals surface area contributed by atoms with Gasteiger partial charge in [0, 0.05) is 43.0 Å². The van der Waals surface area contributed by atoms with Crippen molar-refractivity contribution >= 4 is 23.2 Å². The topological polar surface area (TPSA) is 53.5 Å². The number of thiazole rings is 1. The molecule has 0 N–H and O–H groups in total. The molecule has 1 aromatic heterocycles. The Balaban J connectivity index is 1.52. The first kappa shape index (κ1) is 16.4. The van der Waals surface area contributed by atoms with Gasteiger partial charge in [0.2, 0.25) is 11.8 Å². The van der Waals surface area contributed by atoms with E-state index in [-0.39, 0.29) is 23.8 Å². The molecule has 0 radical (unpaired) electrons. The number of piperidine rings is 1. The minimum Gasteiger partial charge on any atom is -0.342 e. The van der Waals surface area contributed by atoms with Gasteiger partial charge in [-0.3, -0.25) is 14.6 Å². The van der Waals surface area contributed by atoms with Gasteiger partial charge in [0.25, 0.3) is 0 Å². The molecule has 126 valence electrons. The van der Waals surface area contributed by atoms with E-state index in [0.29, 0.717) is 5.91 Å². The quantitative estimate of drug-likeness (QED) is 0.850. The number of carbonyl (C=O) groups excluding carboxylic acids is 2. The summed E-state index contributed by atoms with van der Waals surface area (Å²) < 4.78 is 0. The molecular weight excluding hydrogens is 310 g/mol. The van der Waals surface area contributed by atoms with Crippen LogP contribution in [0.3, 0.4) is 0 Å². The average Bonchev–Trinajstić information content (AvgIpc) is 3.05. The lowest BCUT2D eigenvalue weighted by molar-refractivity contribution is -0.144. The number of hydrogen-bond acceptors (Lipinski definition) is 4. The molecular formula is C17H25N3O2S. The summed E-state index contributed by atoms with van der Waals surface area (Å²) in [5, 5.41) is 0. The third-order valence-corrected chi connectivity index (χ3v) is 6.35. The molecule has 2 aliphatic rings.